The van der Waals surface area contributed by atoms with Gasteiger partial charge in [0.1, 0.15) is 22.3 Å². The van der Waals surface area contributed by atoms with Crippen LogP contribution in [0.1, 0.15) is 0 Å². The molecule has 0 aliphatic heterocycles. The van der Waals surface area contributed by atoms with Crippen molar-refractivity contribution < 1.29 is 8.83 Å². The van der Waals surface area contributed by atoms with E-state index >= 15 is 0 Å². The molecule has 0 bridgehead atoms. The molecule has 0 saturated carbocycles. The average molecular weight is 1140 g/mol. The summed E-state index contributed by atoms with van der Waals surface area (Å²) in [7, 11) is 0. The first kappa shape index (κ1) is 50.2. The number of hydrogen-bond donors (Lipinski definition) is 1. The highest BCUT2D eigenvalue weighted by Gasteiger charge is 2.25. The molecule has 0 spiro atoms. The van der Waals surface area contributed by atoms with Crippen molar-refractivity contribution in [2.75, 3.05) is 5.32 Å². The van der Waals surface area contributed by atoms with E-state index in [1.165, 1.54) is 10.8 Å². The number of nitrogens with zero attached hydrogens (tertiary/aromatic N) is 5. The average Bonchev–Trinajstić information content (AvgIpc) is 1.89. The maximum Gasteiger partial charge on any atom is 0.164 e. The van der Waals surface area contributed by atoms with Crippen LogP contribution in [0.2, 0.25) is 0 Å². The van der Waals surface area contributed by atoms with Gasteiger partial charge in [-0.25, -0.2) is 15.0 Å². The van der Waals surface area contributed by atoms with Gasteiger partial charge in [-0.1, -0.05) is 194 Å². The van der Waals surface area contributed by atoms with Gasteiger partial charge in [-0.3, -0.25) is 0 Å². The van der Waals surface area contributed by atoms with Gasteiger partial charge in [0.15, 0.2) is 17.5 Å². The van der Waals surface area contributed by atoms with Crippen molar-refractivity contribution in [3.8, 4) is 78.9 Å². The molecular formula is C81H50N6O2. The minimum absolute atomic E-state index is 0.515. The van der Waals surface area contributed by atoms with E-state index in [1.807, 2.05) is 48.5 Å². The Kier molecular flexibility index (Phi) is 11.4. The zero-order chi connectivity index (χ0) is 58.5. The van der Waals surface area contributed by atoms with E-state index < -0.39 is 0 Å². The molecule has 0 fully saturated rings. The SMILES string of the molecule is c1ccc(-c2ccccc2Nc2ccc3c(c2)c2cc(-n4c5ccccc5c5ccccc54)ccc2n3-c2c(-c3ccccc3)cc(-c3nc(-c4ccc5c(c4)oc4ccccc45)nc(-c4ccc5c(c4)oc4ccccc45)n3)cc2-c2ccccc2)cc1. The Labute approximate surface area is 510 Å². The maximum atomic E-state index is 6.48. The van der Waals surface area contributed by atoms with E-state index in [1.54, 1.807) is 0 Å². The number of furan rings is 2. The lowest BCUT2D eigenvalue weighted by atomic mass is 9.92. The lowest BCUT2D eigenvalue weighted by molar-refractivity contribution is 0.668. The smallest absolute Gasteiger partial charge is 0.164 e. The highest BCUT2D eigenvalue weighted by atomic mass is 16.3. The van der Waals surface area contributed by atoms with Crippen LogP contribution in [-0.4, -0.2) is 24.1 Å². The number of fused-ring (bicyclic) bond motifs is 12. The molecule has 5 aromatic heterocycles. The first-order chi connectivity index (χ1) is 44.1. The molecule has 0 radical (unpaired) electrons. The topological polar surface area (TPSA) is 86.8 Å². The van der Waals surface area contributed by atoms with Crippen LogP contribution in [-0.2, 0) is 0 Å². The van der Waals surface area contributed by atoms with Crippen molar-refractivity contribution in [3.05, 3.63) is 297 Å². The number of para-hydroxylation sites is 5. The first-order valence-corrected chi connectivity index (χ1v) is 30.0. The molecule has 8 nitrogen and oxygen atoms in total. The Balaban J connectivity index is 0.893. The van der Waals surface area contributed by atoms with Crippen LogP contribution in [0.5, 0.6) is 0 Å². The molecule has 0 unspecified atom stereocenters. The zero-order valence-corrected chi connectivity index (χ0v) is 47.8. The fourth-order valence-electron chi connectivity index (χ4n) is 13.5. The van der Waals surface area contributed by atoms with Gasteiger partial charge in [0.05, 0.1) is 27.8 Å². The molecule has 18 rings (SSSR count). The van der Waals surface area contributed by atoms with E-state index in [-0.39, 0.29) is 0 Å². The standard InChI is InChI=1S/C81H50N6O2/c1-4-20-50(21-5-1)58-26-10-15-31-69(58)82-56-38-42-72-67(48-56)68-49-57(86-70-32-16-11-27-59(70)60-28-12-17-33-71(60)86)39-43-73(68)87(72)78-65(51-22-6-2-7-23-51)44-55(45-66(78)52-24-8-3-9-25-52)81-84-79(53-36-40-63-61-29-13-18-34-74(61)88-76(63)46-53)83-80(85-81)54-37-41-64-62-30-14-19-35-75(62)89-77(64)47-54/h1-49,82H. The van der Waals surface area contributed by atoms with Crippen LogP contribution in [0.15, 0.2) is 306 Å². The Morgan fingerprint density at radius 2 is 0.685 bits per heavy atom. The van der Waals surface area contributed by atoms with Gasteiger partial charge in [-0.15, -0.1) is 0 Å². The van der Waals surface area contributed by atoms with Crippen LogP contribution in [0.25, 0.3) is 166 Å². The molecule has 89 heavy (non-hydrogen) atoms. The Bertz CT molecular complexity index is 5590. The van der Waals surface area contributed by atoms with Crippen LogP contribution in [0, 0.1) is 0 Å². The van der Waals surface area contributed by atoms with Gasteiger partial charge in [0.25, 0.3) is 0 Å². The molecule has 1 N–H and O–H groups in total. The number of hydrogen-bond acceptors (Lipinski definition) is 6. The van der Waals surface area contributed by atoms with Crippen molar-refractivity contribution in [1.29, 1.82) is 0 Å². The number of benzene rings is 13. The summed E-state index contributed by atoms with van der Waals surface area (Å²) < 4.78 is 17.9. The summed E-state index contributed by atoms with van der Waals surface area (Å²) in [4.78, 5) is 16.2. The molecule has 5 heterocycles. The summed E-state index contributed by atoms with van der Waals surface area (Å²) in [5, 5.41) is 12.7. The van der Waals surface area contributed by atoms with Crippen LogP contribution in [0.3, 0.4) is 0 Å². The van der Waals surface area contributed by atoms with Gasteiger partial charge in [-0.05, 0) is 120 Å². The summed E-state index contributed by atoms with van der Waals surface area (Å²) in [5.41, 5.74) is 20.4. The summed E-state index contributed by atoms with van der Waals surface area (Å²) in [5.74, 6) is 1.55. The summed E-state index contributed by atoms with van der Waals surface area (Å²) >= 11 is 0. The summed E-state index contributed by atoms with van der Waals surface area (Å²) in [6, 6.07) is 105. The minimum Gasteiger partial charge on any atom is -0.456 e. The van der Waals surface area contributed by atoms with Crippen molar-refractivity contribution in [1.82, 2.24) is 24.1 Å². The molecule has 8 heteroatoms. The Morgan fingerprint density at radius 1 is 0.258 bits per heavy atom. The molecule has 18 aromatic rings. The molecule has 416 valence electrons. The van der Waals surface area contributed by atoms with Gasteiger partial charge in [-0.2, -0.15) is 0 Å². The maximum absolute atomic E-state index is 6.48. The third-order valence-electron chi connectivity index (χ3n) is 17.5. The fourth-order valence-corrected chi connectivity index (χ4v) is 13.5. The first-order valence-electron chi connectivity index (χ1n) is 30.0. The predicted octanol–water partition coefficient (Wildman–Crippen LogP) is 21.6. The number of rotatable bonds is 10. The van der Waals surface area contributed by atoms with E-state index in [2.05, 4.69) is 263 Å². The van der Waals surface area contributed by atoms with Crippen LogP contribution in [0.4, 0.5) is 11.4 Å². The third kappa shape index (κ3) is 8.33. The molecule has 0 saturated heterocycles. The second-order valence-corrected chi connectivity index (χ2v) is 22.8. The van der Waals surface area contributed by atoms with Gasteiger partial charge >= 0.3 is 0 Å². The molecule has 0 aliphatic rings. The molecule has 0 aliphatic carbocycles. The van der Waals surface area contributed by atoms with Crippen molar-refractivity contribution in [3.63, 3.8) is 0 Å². The minimum atomic E-state index is 0.515. The molecule has 13 aromatic carbocycles. The normalized spacial score (nSPS) is 11.8. The van der Waals surface area contributed by atoms with E-state index in [9.17, 15) is 0 Å². The number of aromatic nitrogens is 5. The van der Waals surface area contributed by atoms with Gasteiger partial charge in [0.2, 0.25) is 0 Å². The monoisotopic (exact) mass is 1140 g/mol. The zero-order valence-electron chi connectivity index (χ0n) is 47.8. The number of anilines is 2. The van der Waals surface area contributed by atoms with E-state index in [4.69, 9.17) is 23.8 Å². The van der Waals surface area contributed by atoms with Crippen LogP contribution >= 0.6 is 0 Å². The second-order valence-electron chi connectivity index (χ2n) is 22.8. The predicted molar refractivity (Wildman–Crippen MR) is 365 cm³/mol. The molecule has 0 amide bonds. The van der Waals surface area contributed by atoms with Crippen LogP contribution < -0.4 is 5.32 Å². The quantitative estimate of drug-likeness (QED) is 0.147. The number of nitrogens with one attached hydrogen (secondary N) is 1. The Hall–Kier alpha value is -12.1. The van der Waals surface area contributed by atoms with Gasteiger partial charge < -0.3 is 23.3 Å². The van der Waals surface area contributed by atoms with Crippen molar-refractivity contribution >= 4 is 98.9 Å². The lowest BCUT2D eigenvalue weighted by Gasteiger charge is -2.21. The summed E-state index contributed by atoms with van der Waals surface area (Å²) in [6.45, 7) is 0. The van der Waals surface area contributed by atoms with Gasteiger partial charge in [0, 0.05) is 93.5 Å². The highest BCUT2D eigenvalue weighted by Crippen LogP contribution is 2.46. The second kappa shape index (κ2) is 20.3. The fraction of sp³-hybridized carbons (Fsp3) is 0. The third-order valence-corrected chi connectivity index (χ3v) is 17.5. The highest BCUT2D eigenvalue weighted by molar-refractivity contribution is 6.14. The Morgan fingerprint density at radius 3 is 1.25 bits per heavy atom. The van der Waals surface area contributed by atoms with E-state index in [0.29, 0.717) is 17.5 Å². The molecular weight excluding hydrogens is 1090 g/mol. The van der Waals surface area contributed by atoms with E-state index in [0.717, 1.165) is 150 Å². The van der Waals surface area contributed by atoms with Crippen molar-refractivity contribution in [2.24, 2.45) is 0 Å². The lowest BCUT2D eigenvalue weighted by Crippen LogP contribution is -2.04. The largest absolute Gasteiger partial charge is 0.456 e. The summed E-state index contributed by atoms with van der Waals surface area (Å²) in [6.07, 6.45) is 0. The molecule has 0 atom stereocenters. The van der Waals surface area contributed by atoms with Crippen molar-refractivity contribution in [2.45, 2.75) is 0 Å².